The van der Waals surface area contributed by atoms with Crippen molar-refractivity contribution in [3.63, 3.8) is 0 Å². The number of carbonyl (C=O) groups excluding carboxylic acids is 1. The molecule has 1 fully saturated rings. The molecular formula is C17H23N3O. The van der Waals surface area contributed by atoms with Gasteiger partial charge in [0.25, 0.3) is 0 Å². The minimum atomic E-state index is -0.576. The topological polar surface area (TPSA) is 47.3 Å². The second kappa shape index (κ2) is 7.24. The van der Waals surface area contributed by atoms with Gasteiger partial charge in [-0.3, -0.25) is 4.79 Å². The van der Waals surface area contributed by atoms with E-state index < -0.39 is 5.92 Å². The van der Waals surface area contributed by atoms with Gasteiger partial charge in [0, 0.05) is 19.1 Å². The maximum absolute atomic E-state index is 12.6. The number of hydrogen-bond acceptors (Lipinski definition) is 3. The van der Waals surface area contributed by atoms with Gasteiger partial charge in [-0.2, -0.15) is 5.26 Å². The number of hydrogen-bond donors (Lipinski definition) is 0. The van der Waals surface area contributed by atoms with Gasteiger partial charge in [-0.1, -0.05) is 30.3 Å². The Morgan fingerprint density at radius 1 is 1.43 bits per heavy atom. The number of nitrogens with zero attached hydrogens (tertiary/aromatic N) is 3. The van der Waals surface area contributed by atoms with Crippen molar-refractivity contribution in [1.82, 2.24) is 9.80 Å². The van der Waals surface area contributed by atoms with Gasteiger partial charge in [-0.05, 0) is 38.9 Å². The van der Waals surface area contributed by atoms with Crippen LogP contribution in [0.2, 0.25) is 0 Å². The van der Waals surface area contributed by atoms with Crippen LogP contribution in [0.15, 0.2) is 30.3 Å². The summed E-state index contributed by atoms with van der Waals surface area (Å²) in [4.78, 5) is 16.6. The monoisotopic (exact) mass is 285 g/mol. The van der Waals surface area contributed by atoms with E-state index in [4.69, 9.17) is 0 Å². The predicted octanol–water partition coefficient (Wildman–Crippen LogP) is 1.92. The van der Waals surface area contributed by atoms with Crippen LogP contribution in [0, 0.1) is 17.2 Å². The second-order valence-electron chi connectivity index (χ2n) is 5.92. The minimum absolute atomic E-state index is 0.0205. The molecule has 0 aliphatic carbocycles. The van der Waals surface area contributed by atoms with Crippen LogP contribution in [0.3, 0.4) is 0 Å². The van der Waals surface area contributed by atoms with Crippen LogP contribution in [0.1, 0.15) is 18.4 Å². The smallest absolute Gasteiger partial charge is 0.240 e. The van der Waals surface area contributed by atoms with E-state index in [1.54, 1.807) is 0 Å². The van der Waals surface area contributed by atoms with E-state index in [1.807, 2.05) is 49.3 Å². The summed E-state index contributed by atoms with van der Waals surface area (Å²) in [6.45, 7) is 1.51. The lowest BCUT2D eigenvalue weighted by atomic mass is 9.97. The molecule has 0 spiro atoms. The van der Waals surface area contributed by atoms with Gasteiger partial charge in [0.2, 0.25) is 5.91 Å². The molecule has 2 rings (SSSR count). The maximum Gasteiger partial charge on any atom is 0.240 e. The quantitative estimate of drug-likeness (QED) is 0.849. The lowest BCUT2D eigenvalue weighted by Crippen LogP contribution is -2.49. The van der Waals surface area contributed by atoms with E-state index in [9.17, 15) is 10.1 Å². The largest absolute Gasteiger partial charge is 0.340 e. The van der Waals surface area contributed by atoms with Crippen molar-refractivity contribution in [3.8, 4) is 6.07 Å². The molecule has 1 amide bonds. The Hall–Kier alpha value is -1.86. The van der Waals surface area contributed by atoms with Crippen LogP contribution in [0.25, 0.3) is 0 Å². The van der Waals surface area contributed by atoms with Gasteiger partial charge < -0.3 is 9.80 Å². The van der Waals surface area contributed by atoms with Crippen molar-refractivity contribution in [3.05, 3.63) is 35.9 Å². The Balaban J connectivity index is 2.01. The van der Waals surface area contributed by atoms with Crippen molar-refractivity contribution in [2.24, 2.45) is 5.92 Å². The number of carbonyl (C=O) groups is 1. The van der Waals surface area contributed by atoms with E-state index in [0.29, 0.717) is 12.5 Å². The highest BCUT2D eigenvalue weighted by Crippen LogP contribution is 2.18. The van der Waals surface area contributed by atoms with Crippen LogP contribution in [0.5, 0.6) is 0 Å². The van der Waals surface area contributed by atoms with Crippen LogP contribution in [-0.2, 0) is 11.2 Å². The fourth-order valence-corrected chi connectivity index (χ4v) is 2.83. The zero-order valence-electron chi connectivity index (χ0n) is 12.8. The summed E-state index contributed by atoms with van der Waals surface area (Å²) in [5, 5.41) is 9.36. The standard InChI is InChI=1S/C17H23N3O/c1-19(2)16-9-6-10-20(13-16)17(21)15(12-18)11-14-7-4-3-5-8-14/h3-5,7-8,15-16H,6,9-11,13H2,1-2H3. The van der Waals surface area contributed by atoms with Crippen LogP contribution < -0.4 is 0 Å². The van der Waals surface area contributed by atoms with E-state index in [-0.39, 0.29) is 5.91 Å². The molecule has 1 aromatic carbocycles. The summed E-state index contributed by atoms with van der Waals surface area (Å²) in [6.07, 6.45) is 2.63. The van der Waals surface area contributed by atoms with Crippen LogP contribution >= 0.6 is 0 Å². The highest BCUT2D eigenvalue weighted by Gasteiger charge is 2.29. The minimum Gasteiger partial charge on any atom is -0.340 e. The van der Waals surface area contributed by atoms with Gasteiger partial charge in [0.05, 0.1) is 6.07 Å². The summed E-state index contributed by atoms with van der Waals surface area (Å²) >= 11 is 0. The Kier molecular flexibility index (Phi) is 5.35. The van der Waals surface area contributed by atoms with E-state index in [2.05, 4.69) is 11.0 Å². The lowest BCUT2D eigenvalue weighted by molar-refractivity contribution is -0.135. The predicted molar refractivity (Wildman–Crippen MR) is 82.5 cm³/mol. The third kappa shape index (κ3) is 4.05. The summed E-state index contributed by atoms with van der Waals surface area (Å²) in [5.74, 6) is -0.596. The van der Waals surface area contributed by atoms with E-state index in [0.717, 1.165) is 31.5 Å². The fourth-order valence-electron chi connectivity index (χ4n) is 2.83. The third-order valence-electron chi connectivity index (χ3n) is 4.18. The fraction of sp³-hybridized carbons (Fsp3) is 0.529. The van der Waals surface area contributed by atoms with Gasteiger partial charge in [0.1, 0.15) is 5.92 Å². The summed E-state index contributed by atoms with van der Waals surface area (Å²) in [5.41, 5.74) is 1.04. The molecule has 4 heteroatoms. The normalized spacial score (nSPS) is 20.1. The average molecular weight is 285 g/mol. The molecule has 21 heavy (non-hydrogen) atoms. The zero-order chi connectivity index (χ0) is 15.2. The number of nitriles is 1. The highest BCUT2D eigenvalue weighted by atomic mass is 16.2. The molecule has 2 unspecified atom stereocenters. The lowest BCUT2D eigenvalue weighted by Gasteiger charge is -2.36. The van der Waals surface area contributed by atoms with Crippen molar-refractivity contribution in [2.75, 3.05) is 27.2 Å². The number of piperidine rings is 1. The first kappa shape index (κ1) is 15.5. The SMILES string of the molecule is CN(C)C1CCCN(C(=O)C(C#N)Cc2ccccc2)C1. The van der Waals surface area contributed by atoms with Gasteiger partial charge in [0.15, 0.2) is 0 Å². The molecule has 0 radical (unpaired) electrons. The highest BCUT2D eigenvalue weighted by molar-refractivity contribution is 5.81. The first-order valence-corrected chi connectivity index (χ1v) is 7.50. The molecule has 112 valence electrons. The molecule has 1 heterocycles. The Morgan fingerprint density at radius 2 is 2.14 bits per heavy atom. The number of likely N-dealkylation sites (tertiary alicyclic amines) is 1. The van der Waals surface area contributed by atoms with Crippen molar-refractivity contribution >= 4 is 5.91 Å². The van der Waals surface area contributed by atoms with E-state index in [1.165, 1.54) is 0 Å². The molecule has 0 saturated carbocycles. The molecule has 4 nitrogen and oxygen atoms in total. The zero-order valence-corrected chi connectivity index (χ0v) is 12.8. The average Bonchev–Trinajstić information content (AvgIpc) is 2.53. The number of benzene rings is 1. The maximum atomic E-state index is 12.6. The van der Waals surface area contributed by atoms with Gasteiger partial charge in [-0.25, -0.2) is 0 Å². The Morgan fingerprint density at radius 3 is 2.76 bits per heavy atom. The summed E-state index contributed by atoms with van der Waals surface area (Å²) < 4.78 is 0. The molecule has 1 aromatic rings. The Bertz CT molecular complexity index is 507. The molecule has 1 aliphatic heterocycles. The molecule has 1 saturated heterocycles. The summed E-state index contributed by atoms with van der Waals surface area (Å²) in [6, 6.07) is 12.4. The molecule has 0 aromatic heterocycles. The van der Waals surface area contributed by atoms with Crippen LogP contribution in [-0.4, -0.2) is 48.9 Å². The number of amides is 1. The molecule has 0 bridgehead atoms. The van der Waals surface area contributed by atoms with Gasteiger partial charge in [-0.15, -0.1) is 0 Å². The molecular weight excluding hydrogens is 262 g/mol. The number of likely N-dealkylation sites (N-methyl/N-ethyl adjacent to an activating group) is 1. The molecule has 1 aliphatic rings. The molecule has 0 N–H and O–H groups in total. The number of rotatable bonds is 4. The van der Waals surface area contributed by atoms with Crippen molar-refractivity contribution < 1.29 is 4.79 Å². The molecule has 2 atom stereocenters. The van der Waals surface area contributed by atoms with Crippen LogP contribution in [0.4, 0.5) is 0 Å². The second-order valence-corrected chi connectivity index (χ2v) is 5.92. The van der Waals surface area contributed by atoms with Gasteiger partial charge >= 0.3 is 0 Å². The van der Waals surface area contributed by atoms with E-state index >= 15 is 0 Å². The van der Waals surface area contributed by atoms with Crippen molar-refractivity contribution in [1.29, 1.82) is 5.26 Å². The Labute approximate surface area is 127 Å². The first-order chi connectivity index (χ1) is 10.1. The van der Waals surface area contributed by atoms with Crippen molar-refractivity contribution in [2.45, 2.75) is 25.3 Å². The first-order valence-electron chi connectivity index (χ1n) is 7.50. The summed E-state index contributed by atoms with van der Waals surface area (Å²) in [7, 11) is 4.09. The third-order valence-corrected chi connectivity index (χ3v) is 4.18.